The summed E-state index contributed by atoms with van der Waals surface area (Å²) >= 11 is 1.98. The molecule has 3 rings (SSSR count). The van der Waals surface area contributed by atoms with Gasteiger partial charge >= 0.3 is 0 Å². The zero-order valence-corrected chi connectivity index (χ0v) is 12.6. The fourth-order valence-electron chi connectivity index (χ4n) is 2.78. The Labute approximate surface area is 126 Å². The third kappa shape index (κ3) is 2.97. The molecule has 1 N–H and O–H groups in total. The van der Waals surface area contributed by atoms with Gasteiger partial charge in [-0.1, -0.05) is 13.0 Å². The van der Waals surface area contributed by atoms with Crippen LogP contribution in [-0.2, 0) is 0 Å². The zero-order chi connectivity index (χ0) is 14.8. The number of aromatic nitrogens is 1. The number of hydrogen-bond acceptors (Lipinski definition) is 6. The maximum atomic E-state index is 11.0. The van der Waals surface area contributed by atoms with Gasteiger partial charge in [-0.25, -0.2) is 0 Å². The number of oxazole rings is 1. The molecule has 21 heavy (non-hydrogen) atoms. The molecule has 1 aromatic carbocycles. The molecular formula is C14H17N3O3S. The average Bonchev–Trinajstić information content (AvgIpc) is 3.05. The number of nitrogens with one attached hydrogen (secondary N) is 1. The minimum absolute atomic E-state index is 0.0184. The lowest BCUT2D eigenvalue weighted by Crippen LogP contribution is -2.16. The molecular weight excluding hydrogens is 290 g/mol. The van der Waals surface area contributed by atoms with E-state index in [9.17, 15) is 10.1 Å². The minimum Gasteiger partial charge on any atom is -0.423 e. The smallest absolute Gasteiger partial charge is 0.298 e. The third-order valence-electron chi connectivity index (χ3n) is 3.71. The van der Waals surface area contributed by atoms with Crippen molar-refractivity contribution in [2.24, 2.45) is 0 Å². The van der Waals surface area contributed by atoms with Crippen molar-refractivity contribution in [2.75, 3.05) is 11.1 Å². The van der Waals surface area contributed by atoms with Crippen LogP contribution in [0, 0.1) is 10.1 Å². The second-order valence-corrected chi connectivity index (χ2v) is 6.71. The lowest BCUT2D eigenvalue weighted by Gasteiger charge is -2.10. The molecule has 0 saturated heterocycles. The average molecular weight is 307 g/mol. The van der Waals surface area contributed by atoms with Crippen LogP contribution in [0.2, 0.25) is 0 Å². The van der Waals surface area contributed by atoms with Gasteiger partial charge in [-0.05, 0) is 31.1 Å². The molecule has 0 amide bonds. The number of para-hydroxylation sites is 1. The van der Waals surface area contributed by atoms with Gasteiger partial charge in [0, 0.05) is 17.4 Å². The van der Waals surface area contributed by atoms with Gasteiger partial charge < -0.3 is 9.73 Å². The quantitative estimate of drug-likeness (QED) is 0.668. The number of fused-ring (bicyclic) bond motifs is 1. The molecule has 2 aromatic rings. The lowest BCUT2D eigenvalue weighted by molar-refractivity contribution is -0.383. The molecule has 0 bridgehead atoms. The topological polar surface area (TPSA) is 81.2 Å². The van der Waals surface area contributed by atoms with Crippen molar-refractivity contribution < 1.29 is 9.34 Å². The minimum atomic E-state index is -0.432. The van der Waals surface area contributed by atoms with Crippen LogP contribution in [0.1, 0.15) is 26.2 Å². The highest BCUT2D eigenvalue weighted by atomic mass is 32.2. The summed E-state index contributed by atoms with van der Waals surface area (Å²) in [5.74, 6) is 1.13. The van der Waals surface area contributed by atoms with Gasteiger partial charge in [-0.2, -0.15) is 16.7 Å². The second-order valence-electron chi connectivity index (χ2n) is 5.13. The fraction of sp³-hybridized carbons (Fsp3) is 0.500. The lowest BCUT2D eigenvalue weighted by atomic mass is 10.3. The van der Waals surface area contributed by atoms with Crippen LogP contribution in [0.3, 0.4) is 0 Å². The first-order valence-electron chi connectivity index (χ1n) is 7.09. The maximum absolute atomic E-state index is 11.0. The molecule has 2 atom stereocenters. The first-order valence-corrected chi connectivity index (χ1v) is 8.14. The molecule has 1 aliphatic rings. The number of rotatable bonds is 5. The van der Waals surface area contributed by atoms with Crippen LogP contribution >= 0.6 is 11.8 Å². The molecule has 0 radical (unpaired) electrons. The Bertz CT molecular complexity index is 658. The first-order chi connectivity index (χ1) is 10.2. The highest BCUT2D eigenvalue weighted by molar-refractivity contribution is 7.99. The van der Waals surface area contributed by atoms with Crippen LogP contribution in [-0.4, -0.2) is 27.0 Å². The molecule has 2 unspecified atom stereocenters. The van der Waals surface area contributed by atoms with E-state index in [4.69, 9.17) is 4.42 Å². The van der Waals surface area contributed by atoms with Crippen LogP contribution in [0.15, 0.2) is 22.6 Å². The molecule has 1 aromatic heterocycles. The predicted molar refractivity (Wildman–Crippen MR) is 83.8 cm³/mol. The number of benzene rings is 1. The SMILES string of the molecule is CCSC1CCC(Nc2nc3c([N+](=O)[O-])cccc3o2)C1. The van der Waals surface area contributed by atoms with Crippen LogP contribution in [0.25, 0.3) is 11.1 Å². The molecule has 7 heteroatoms. The van der Waals surface area contributed by atoms with Crippen molar-refractivity contribution >= 4 is 34.6 Å². The highest BCUT2D eigenvalue weighted by Crippen LogP contribution is 2.33. The number of non-ortho nitro benzene ring substituents is 1. The van der Waals surface area contributed by atoms with E-state index in [0.717, 1.165) is 18.6 Å². The number of nitro benzene ring substituents is 1. The predicted octanol–water partition coefficient (Wildman–Crippen LogP) is 3.82. The van der Waals surface area contributed by atoms with E-state index >= 15 is 0 Å². The first kappa shape index (κ1) is 14.2. The second kappa shape index (κ2) is 5.93. The summed E-state index contributed by atoms with van der Waals surface area (Å²) in [6.07, 6.45) is 3.36. The van der Waals surface area contributed by atoms with Gasteiger partial charge in [0.2, 0.25) is 0 Å². The molecule has 0 aliphatic heterocycles. The highest BCUT2D eigenvalue weighted by Gasteiger charge is 2.26. The Morgan fingerprint density at radius 1 is 1.52 bits per heavy atom. The van der Waals surface area contributed by atoms with Crippen molar-refractivity contribution in [1.29, 1.82) is 0 Å². The molecule has 0 spiro atoms. The number of thioether (sulfide) groups is 1. The molecule has 1 fully saturated rings. The van der Waals surface area contributed by atoms with Crippen molar-refractivity contribution in [2.45, 2.75) is 37.5 Å². The molecule has 1 heterocycles. The Morgan fingerprint density at radius 3 is 3.14 bits per heavy atom. The Morgan fingerprint density at radius 2 is 2.38 bits per heavy atom. The molecule has 1 saturated carbocycles. The largest absolute Gasteiger partial charge is 0.423 e. The van der Waals surface area contributed by atoms with Crippen LogP contribution in [0.4, 0.5) is 11.7 Å². The van der Waals surface area contributed by atoms with Crippen LogP contribution < -0.4 is 5.32 Å². The van der Waals surface area contributed by atoms with Crippen molar-refractivity contribution in [3.8, 4) is 0 Å². The van der Waals surface area contributed by atoms with E-state index in [1.54, 1.807) is 12.1 Å². The van der Waals surface area contributed by atoms with Crippen molar-refractivity contribution in [3.63, 3.8) is 0 Å². The number of nitrogens with zero attached hydrogens (tertiary/aromatic N) is 2. The number of nitro groups is 1. The Balaban J connectivity index is 1.76. The summed E-state index contributed by atoms with van der Waals surface area (Å²) in [4.78, 5) is 14.8. The van der Waals surface area contributed by atoms with E-state index in [2.05, 4.69) is 17.2 Å². The summed E-state index contributed by atoms with van der Waals surface area (Å²) in [6.45, 7) is 2.17. The standard InChI is InChI=1S/C14H17N3O3S/c1-2-21-10-7-6-9(8-10)15-14-16-13-11(17(18)19)4-3-5-12(13)20-14/h3-5,9-10H,2,6-8H2,1H3,(H,15,16). The summed E-state index contributed by atoms with van der Waals surface area (Å²) in [6, 6.07) is 5.47. The number of anilines is 1. The van der Waals surface area contributed by atoms with Crippen LogP contribution in [0.5, 0.6) is 0 Å². The fourth-order valence-corrected chi connectivity index (χ4v) is 3.92. The Hall–Kier alpha value is -1.76. The van der Waals surface area contributed by atoms with Crippen molar-refractivity contribution in [1.82, 2.24) is 4.98 Å². The normalized spacial score (nSPS) is 21.8. The summed E-state index contributed by atoms with van der Waals surface area (Å²) in [5, 5.41) is 14.9. The van der Waals surface area contributed by atoms with E-state index in [1.807, 2.05) is 11.8 Å². The van der Waals surface area contributed by atoms with E-state index in [-0.39, 0.29) is 5.69 Å². The van der Waals surface area contributed by atoms with Gasteiger partial charge in [0.1, 0.15) is 0 Å². The molecule has 112 valence electrons. The van der Waals surface area contributed by atoms with Gasteiger partial charge in [-0.15, -0.1) is 0 Å². The summed E-state index contributed by atoms with van der Waals surface area (Å²) < 4.78 is 5.58. The van der Waals surface area contributed by atoms with Gasteiger partial charge in [0.15, 0.2) is 11.1 Å². The van der Waals surface area contributed by atoms with Gasteiger partial charge in [0.05, 0.1) is 4.92 Å². The number of hydrogen-bond donors (Lipinski definition) is 1. The summed E-state index contributed by atoms with van der Waals surface area (Å²) in [5.41, 5.74) is 0.738. The van der Waals surface area contributed by atoms with E-state index in [1.165, 1.54) is 12.5 Å². The Kier molecular flexibility index (Phi) is 4.01. The van der Waals surface area contributed by atoms with E-state index in [0.29, 0.717) is 28.4 Å². The van der Waals surface area contributed by atoms with Gasteiger partial charge in [0.25, 0.3) is 11.7 Å². The molecule has 1 aliphatic carbocycles. The molecule has 6 nitrogen and oxygen atoms in total. The monoisotopic (exact) mass is 307 g/mol. The van der Waals surface area contributed by atoms with Gasteiger partial charge in [-0.3, -0.25) is 10.1 Å². The summed E-state index contributed by atoms with van der Waals surface area (Å²) in [7, 11) is 0. The van der Waals surface area contributed by atoms with E-state index < -0.39 is 4.92 Å². The third-order valence-corrected chi connectivity index (χ3v) is 4.94. The van der Waals surface area contributed by atoms with Crippen molar-refractivity contribution in [3.05, 3.63) is 28.3 Å². The maximum Gasteiger partial charge on any atom is 0.298 e. The zero-order valence-electron chi connectivity index (χ0n) is 11.7.